The zero-order valence-electron chi connectivity index (χ0n) is 23.0. The van der Waals surface area contributed by atoms with E-state index in [4.69, 9.17) is 9.47 Å². The number of nitrogens with zero attached hydrogens (tertiary/aromatic N) is 1. The fourth-order valence-electron chi connectivity index (χ4n) is 4.07. The Hall–Kier alpha value is -4.65. The molecule has 0 saturated carbocycles. The van der Waals surface area contributed by atoms with E-state index in [1.165, 1.54) is 0 Å². The van der Waals surface area contributed by atoms with Crippen molar-refractivity contribution in [3.8, 4) is 22.8 Å². The maximum Gasteiger partial charge on any atom is 0.345 e. The van der Waals surface area contributed by atoms with Crippen LogP contribution in [-0.2, 0) is 16.6 Å². The average molecular weight is 539 g/mol. The number of hydrogen-bond acceptors (Lipinski definition) is 5. The van der Waals surface area contributed by atoms with E-state index < -0.39 is 12.1 Å². The molecular weight excluding hydrogens is 504 g/mol. The van der Waals surface area contributed by atoms with Gasteiger partial charge in [-0.25, -0.2) is 4.79 Å². The molecule has 0 unspecified atom stereocenters. The molecule has 0 aliphatic carbocycles. The summed E-state index contributed by atoms with van der Waals surface area (Å²) in [5, 5.41) is 12.5. The number of pyridine rings is 1. The highest BCUT2D eigenvalue weighted by atomic mass is 16.5. The highest BCUT2D eigenvalue weighted by Crippen LogP contribution is 2.25. The first-order valence-corrected chi connectivity index (χ1v) is 13.2. The lowest BCUT2D eigenvalue weighted by molar-refractivity contribution is -0.145. The molecule has 0 aliphatic rings. The Morgan fingerprint density at radius 3 is 2.15 bits per heavy atom. The van der Waals surface area contributed by atoms with Crippen molar-refractivity contribution in [3.05, 3.63) is 114 Å². The van der Waals surface area contributed by atoms with E-state index >= 15 is 0 Å². The van der Waals surface area contributed by atoms with E-state index in [9.17, 15) is 14.7 Å². The molecule has 4 rings (SSSR count). The van der Waals surface area contributed by atoms with Crippen molar-refractivity contribution in [1.29, 1.82) is 0 Å². The van der Waals surface area contributed by atoms with Gasteiger partial charge in [-0.1, -0.05) is 63.2 Å². The van der Waals surface area contributed by atoms with Crippen LogP contribution in [0.3, 0.4) is 0 Å². The molecule has 7 heteroatoms. The standard InChI is InChI=1S/C33H34N2O5/c1-33(2,3)26-13-17-28(18-14-26)40-30(32(37)38)22-23-7-15-27(16-8-23)39-21-20-35-31(36)25-11-9-24(10-12-25)29-6-4-5-19-34-29/h4-19,30H,20-22H2,1-3H3,(H,35,36)(H,37,38)/t30-/m0/s1. The number of benzene rings is 3. The Morgan fingerprint density at radius 2 is 1.55 bits per heavy atom. The summed E-state index contributed by atoms with van der Waals surface area (Å²) in [6.07, 6.45) is 0.935. The van der Waals surface area contributed by atoms with Gasteiger partial charge in [0.15, 0.2) is 6.10 Å². The average Bonchev–Trinajstić information content (AvgIpc) is 2.96. The number of carbonyl (C=O) groups excluding carboxylic acids is 1. The fraction of sp³-hybridized carbons (Fsp3) is 0.242. The molecule has 2 N–H and O–H groups in total. The van der Waals surface area contributed by atoms with Gasteiger partial charge in [-0.2, -0.15) is 0 Å². The summed E-state index contributed by atoms with van der Waals surface area (Å²) in [7, 11) is 0. The van der Waals surface area contributed by atoms with Gasteiger partial charge in [0.1, 0.15) is 18.1 Å². The molecule has 4 aromatic rings. The topological polar surface area (TPSA) is 97.8 Å². The largest absolute Gasteiger partial charge is 0.492 e. The molecule has 1 heterocycles. The van der Waals surface area contributed by atoms with Crippen molar-refractivity contribution < 1.29 is 24.2 Å². The Labute approximate surface area is 234 Å². The first kappa shape index (κ1) is 28.4. The number of aliphatic carboxylic acids is 1. The number of carbonyl (C=O) groups is 2. The molecular formula is C33H34N2O5. The lowest BCUT2D eigenvalue weighted by Gasteiger charge is -2.20. The summed E-state index contributed by atoms with van der Waals surface area (Å²) in [5.74, 6) is -0.0589. The summed E-state index contributed by atoms with van der Waals surface area (Å²) >= 11 is 0. The summed E-state index contributed by atoms with van der Waals surface area (Å²) in [4.78, 5) is 28.6. The van der Waals surface area contributed by atoms with Crippen LogP contribution in [0.5, 0.6) is 11.5 Å². The van der Waals surface area contributed by atoms with Crippen LogP contribution in [0.2, 0.25) is 0 Å². The van der Waals surface area contributed by atoms with Gasteiger partial charge in [-0.3, -0.25) is 9.78 Å². The van der Waals surface area contributed by atoms with E-state index in [2.05, 4.69) is 31.1 Å². The number of hydrogen-bond donors (Lipinski definition) is 2. The second-order valence-corrected chi connectivity index (χ2v) is 10.5. The lowest BCUT2D eigenvalue weighted by Crippen LogP contribution is -2.29. The maximum atomic E-state index is 12.5. The number of aromatic nitrogens is 1. The van der Waals surface area contributed by atoms with E-state index in [-0.39, 0.29) is 17.7 Å². The van der Waals surface area contributed by atoms with E-state index in [0.717, 1.165) is 22.4 Å². The molecule has 0 spiro atoms. The van der Waals surface area contributed by atoms with Crippen LogP contribution in [0.1, 0.15) is 42.3 Å². The summed E-state index contributed by atoms with van der Waals surface area (Å²) in [6.45, 7) is 7.00. The van der Waals surface area contributed by atoms with Gasteiger partial charge >= 0.3 is 5.97 Å². The predicted octanol–water partition coefficient (Wildman–Crippen LogP) is 5.93. The molecule has 3 aromatic carbocycles. The molecule has 0 fully saturated rings. The van der Waals surface area contributed by atoms with Gasteiger partial charge in [0.25, 0.3) is 5.91 Å². The van der Waals surface area contributed by atoms with Crippen LogP contribution in [0.15, 0.2) is 97.2 Å². The monoisotopic (exact) mass is 538 g/mol. The van der Waals surface area contributed by atoms with Gasteiger partial charge in [0.05, 0.1) is 12.2 Å². The van der Waals surface area contributed by atoms with Crippen LogP contribution in [0, 0.1) is 0 Å². The molecule has 1 amide bonds. The quantitative estimate of drug-likeness (QED) is 0.230. The van der Waals surface area contributed by atoms with Crippen molar-refractivity contribution in [2.24, 2.45) is 0 Å². The second kappa shape index (κ2) is 12.9. The lowest BCUT2D eigenvalue weighted by atomic mass is 9.87. The third-order valence-corrected chi connectivity index (χ3v) is 6.38. The number of carboxylic acid groups (broad SMARTS) is 1. The van der Waals surface area contributed by atoms with Crippen molar-refractivity contribution in [3.63, 3.8) is 0 Å². The number of rotatable bonds is 11. The Balaban J connectivity index is 1.23. The minimum atomic E-state index is -1.03. The second-order valence-electron chi connectivity index (χ2n) is 10.5. The highest BCUT2D eigenvalue weighted by molar-refractivity contribution is 5.94. The van der Waals surface area contributed by atoms with Crippen molar-refractivity contribution in [1.82, 2.24) is 10.3 Å². The van der Waals surface area contributed by atoms with E-state index in [1.54, 1.807) is 30.5 Å². The number of carboxylic acids is 1. The maximum absolute atomic E-state index is 12.5. The molecule has 1 atom stereocenters. The summed E-state index contributed by atoms with van der Waals surface area (Å²) in [5.41, 5.74) is 4.33. The van der Waals surface area contributed by atoms with Gasteiger partial charge in [-0.15, -0.1) is 0 Å². The minimum absolute atomic E-state index is 0.00727. The van der Waals surface area contributed by atoms with Gasteiger partial charge in [-0.05, 0) is 65.1 Å². The molecule has 1 aromatic heterocycles. The Kier molecular flexibility index (Phi) is 9.17. The minimum Gasteiger partial charge on any atom is -0.492 e. The number of nitrogens with one attached hydrogen (secondary N) is 1. The summed E-state index contributed by atoms with van der Waals surface area (Å²) < 4.78 is 11.5. The molecule has 206 valence electrons. The molecule has 7 nitrogen and oxygen atoms in total. The van der Waals surface area contributed by atoms with Gasteiger partial charge in [0.2, 0.25) is 0 Å². The first-order valence-electron chi connectivity index (χ1n) is 13.2. The molecule has 0 aliphatic heterocycles. The van der Waals surface area contributed by atoms with Gasteiger partial charge < -0.3 is 19.9 Å². The zero-order valence-corrected chi connectivity index (χ0v) is 23.0. The third kappa shape index (κ3) is 7.93. The van der Waals surface area contributed by atoms with Crippen molar-refractivity contribution in [2.75, 3.05) is 13.2 Å². The highest BCUT2D eigenvalue weighted by Gasteiger charge is 2.21. The molecule has 0 bridgehead atoms. The predicted molar refractivity (Wildman–Crippen MR) is 155 cm³/mol. The fourth-order valence-corrected chi connectivity index (χ4v) is 4.07. The first-order chi connectivity index (χ1) is 19.2. The van der Waals surface area contributed by atoms with Crippen LogP contribution >= 0.6 is 0 Å². The number of ether oxygens (including phenoxy) is 2. The summed E-state index contributed by atoms with van der Waals surface area (Å²) in [6, 6.07) is 27.7. The van der Waals surface area contributed by atoms with Crippen molar-refractivity contribution in [2.45, 2.75) is 38.7 Å². The van der Waals surface area contributed by atoms with Crippen molar-refractivity contribution >= 4 is 11.9 Å². The van der Waals surface area contributed by atoms with Gasteiger partial charge in [0, 0.05) is 23.7 Å². The van der Waals surface area contributed by atoms with Crippen LogP contribution in [-0.4, -0.2) is 41.2 Å². The zero-order chi connectivity index (χ0) is 28.5. The molecule has 0 saturated heterocycles. The molecule has 0 radical (unpaired) electrons. The number of amides is 1. The smallest absolute Gasteiger partial charge is 0.345 e. The normalized spacial score (nSPS) is 11.9. The third-order valence-electron chi connectivity index (χ3n) is 6.38. The van der Waals surface area contributed by atoms with E-state index in [0.29, 0.717) is 30.2 Å². The SMILES string of the molecule is CC(C)(C)c1ccc(O[C@@H](Cc2ccc(OCCNC(=O)c3ccc(-c4ccccn4)cc3)cc2)C(=O)O)cc1. The van der Waals surface area contributed by atoms with Crippen LogP contribution in [0.4, 0.5) is 0 Å². The molecule has 40 heavy (non-hydrogen) atoms. The van der Waals surface area contributed by atoms with E-state index in [1.807, 2.05) is 66.7 Å². The van der Waals surface area contributed by atoms with Crippen LogP contribution < -0.4 is 14.8 Å². The Bertz CT molecular complexity index is 1390. The Morgan fingerprint density at radius 1 is 0.875 bits per heavy atom. The van der Waals surface area contributed by atoms with Crippen LogP contribution in [0.25, 0.3) is 11.3 Å².